The van der Waals surface area contributed by atoms with E-state index in [2.05, 4.69) is 5.32 Å². The Hall–Kier alpha value is -2.45. The number of nitrogens with zero attached hydrogens (tertiary/aromatic N) is 1. The van der Waals surface area contributed by atoms with Crippen molar-refractivity contribution in [3.63, 3.8) is 0 Å². The van der Waals surface area contributed by atoms with Crippen molar-refractivity contribution in [3.05, 3.63) is 64.4 Å². The first-order valence-electron chi connectivity index (χ1n) is 10.9. The zero-order valence-electron chi connectivity index (χ0n) is 18.4. The van der Waals surface area contributed by atoms with Gasteiger partial charge in [-0.1, -0.05) is 23.7 Å². The monoisotopic (exact) mass is 492 g/mol. The third kappa shape index (κ3) is 5.06. The first kappa shape index (κ1) is 23.7. The number of carbonyl (C=O) groups is 2. The minimum absolute atomic E-state index is 0.0253. The van der Waals surface area contributed by atoms with E-state index in [4.69, 9.17) is 11.6 Å². The Balaban J connectivity index is 1.57. The lowest BCUT2D eigenvalue weighted by atomic mass is 10.0. The molecule has 2 aromatic rings. The number of amides is 2. The van der Waals surface area contributed by atoms with Gasteiger partial charge in [0.05, 0.1) is 16.0 Å². The van der Waals surface area contributed by atoms with Gasteiger partial charge in [0.1, 0.15) is 11.9 Å². The van der Waals surface area contributed by atoms with Crippen LogP contribution in [0.3, 0.4) is 0 Å². The van der Waals surface area contributed by atoms with Gasteiger partial charge in [-0.15, -0.1) is 0 Å². The van der Waals surface area contributed by atoms with Crippen molar-refractivity contribution < 1.29 is 22.4 Å². The number of nitrogens with one attached hydrogen (secondary N) is 1. The van der Waals surface area contributed by atoms with Crippen LogP contribution in [0.2, 0.25) is 5.02 Å². The van der Waals surface area contributed by atoms with Gasteiger partial charge >= 0.3 is 0 Å². The molecule has 2 aromatic carbocycles. The number of rotatable bonds is 6. The second-order valence-corrected chi connectivity index (χ2v) is 11.4. The van der Waals surface area contributed by atoms with Crippen molar-refractivity contribution in [3.8, 4) is 0 Å². The summed E-state index contributed by atoms with van der Waals surface area (Å²) < 4.78 is 37.9. The van der Waals surface area contributed by atoms with Crippen LogP contribution in [0.5, 0.6) is 0 Å². The smallest absolute Gasteiger partial charge is 0.254 e. The van der Waals surface area contributed by atoms with Gasteiger partial charge < -0.3 is 10.2 Å². The van der Waals surface area contributed by atoms with Crippen molar-refractivity contribution in [1.82, 2.24) is 10.2 Å². The average Bonchev–Trinajstić information content (AvgIpc) is 3.54. The van der Waals surface area contributed by atoms with Crippen molar-refractivity contribution in [2.75, 3.05) is 6.26 Å². The van der Waals surface area contributed by atoms with Gasteiger partial charge in [0.15, 0.2) is 9.84 Å². The fourth-order valence-corrected chi connectivity index (χ4v) is 5.23. The largest absolute Gasteiger partial charge is 0.347 e. The zero-order chi connectivity index (χ0) is 23.9. The van der Waals surface area contributed by atoms with Crippen LogP contribution in [-0.2, 0) is 14.6 Å². The van der Waals surface area contributed by atoms with Gasteiger partial charge in [-0.25, -0.2) is 12.8 Å². The molecule has 2 amide bonds. The lowest BCUT2D eigenvalue weighted by Crippen LogP contribution is -2.49. The molecule has 1 saturated heterocycles. The first-order valence-corrected chi connectivity index (χ1v) is 13.2. The van der Waals surface area contributed by atoms with Gasteiger partial charge in [0, 0.05) is 17.9 Å². The van der Waals surface area contributed by atoms with E-state index in [1.165, 1.54) is 35.2 Å². The highest BCUT2D eigenvalue weighted by Gasteiger charge is 2.42. The van der Waals surface area contributed by atoms with E-state index in [-0.39, 0.29) is 45.3 Å². The minimum atomic E-state index is -3.47. The second-order valence-electron chi connectivity index (χ2n) is 8.95. The number of sulfone groups is 1. The second kappa shape index (κ2) is 9.06. The molecule has 0 unspecified atom stereocenters. The molecule has 6 nitrogen and oxygen atoms in total. The van der Waals surface area contributed by atoms with Crippen LogP contribution in [0, 0.1) is 11.7 Å². The van der Waals surface area contributed by atoms with Gasteiger partial charge in [-0.3, -0.25) is 9.59 Å². The topological polar surface area (TPSA) is 83.6 Å². The average molecular weight is 493 g/mol. The van der Waals surface area contributed by atoms with E-state index in [0.717, 1.165) is 19.1 Å². The molecule has 1 heterocycles. The fraction of sp³-hybridized carbons (Fsp3) is 0.417. The maximum atomic E-state index is 14.0. The minimum Gasteiger partial charge on any atom is -0.347 e. The van der Waals surface area contributed by atoms with Gasteiger partial charge in [-0.05, 0) is 74.4 Å². The summed E-state index contributed by atoms with van der Waals surface area (Å²) in [5, 5.41) is 3.06. The summed E-state index contributed by atoms with van der Waals surface area (Å²) in [7, 11) is -3.47. The third-order valence-corrected chi connectivity index (χ3v) is 7.83. The fourth-order valence-electron chi connectivity index (χ4n) is 4.45. The van der Waals surface area contributed by atoms with Crippen molar-refractivity contribution in [1.29, 1.82) is 0 Å². The number of carbonyl (C=O) groups excluding carboxylic acids is 2. The molecule has 0 radical (unpaired) electrons. The molecule has 1 aliphatic heterocycles. The van der Waals surface area contributed by atoms with Gasteiger partial charge in [0.2, 0.25) is 5.91 Å². The zero-order valence-corrected chi connectivity index (χ0v) is 20.0. The van der Waals surface area contributed by atoms with Crippen molar-refractivity contribution >= 4 is 33.3 Å². The first-order chi connectivity index (χ1) is 15.6. The molecular weight excluding hydrogens is 467 g/mol. The standard InChI is InChI=1S/C24H26ClFN2O4S/c1-14-6-11-21(28(14)24(30)17-4-3-5-18(12-17)33(2,31)32)23(29)27-22(15-7-8-15)16-9-10-19(25)20(26)13-16/h3-5,9-10,12-15,21-22H,6-8,11H2,1-2H3,(H,27,29)/t14-,21-,22-/m1/s1. The molecule has 2 fully saturated rings. The van der Waals surface area contributed by atoms with Crippen LogP contribution in [0.15, 0.2) is 47.4 Å². The number of hydrogen-bond acceptors (Lipinski definition) is 4. The summed E-state index contributed by atoms with van der Waals surface area (Å²) in [6, 6.07) is 9.19. The molecule has 0 spiro atoms. The van der Waals surface area contributed by atoms with Crippen LogP contribution in [0.4, 0.5) is 4.39 Å². The predicted octanol–water partition coefficient (Wildman–Crippen LogP) is 4.14. The van der Waals surface area contributed by atoms with E-state index in [1.54, 1.807) is 12.1 Å². The summed E-state index contributed by atoms with van der Waals surface area (Å²) in [5.74, 6) is -1.000. The molecule has 1 N–H and O–H groups in total. The molecule has 176 valence electrons. The quantitative estimate of drug-likeness (QED) is 0.656. The summed E-state index contributed by atoms with van der Waals surface area (Å²) in [6.07, 6.45) is 4.09. The normalized spacial score (nSPS) is 21.6. The van der Waals surface area contributed by atoms with Crippen LogP contribution in [-0.4, -0.2) is 43.5 Å². The Morgan fingerprint density at radius 2 is 1.85 bits per heavy atom. The number of benzene rings is 2. The Bertz CT molecular complexity index is 1200. The van der Waals surface area contributed by atoms with Crippen LogP contribution >= 0.6 is 11.6 Å². The van der Waals surface area contributed by atoms with E-state index in [0.29, 0.717) is 18.4 Å². The van der Waals surface area contributed by atoms with Crippen LogP contribution in [0.1, 0.15) is 54.6 Å². The lowest BCUT2D eigenvalue weighted by Gasteiger charge is -2.30. The third-order valence-electron chi connectivity index (χ3n) is 6.41. The Morgan fingerprint density at radius 1 is 1.12 bits per heavy atom. The molecule has 33 heavy (non-hydrogen) atoms. The molecule has 2 aliphatic rings. The SMILES string of the molecule is C[C@@H]1CC[C@H](C(=O)N[C@@H](c2ccc(Cl)c(F)c2)C2CC2)N1C(=O)c1cccc(S(C)(=O)=O)c1. The van der Waals surface area contributed by atoms with Crippen molar-refractivity contribution in [2.45, 2.75) is 55.6 Å². The summed E-state index contributed by atoms with van der Waals surface area (Å²) in [5.41, 5.74) is 0.875. The Labute approximate surface area is 198 Å². The highest BCUT2D eigenvalue weighted by Crippen LogP contribution is 2.42. The molecular formula is C24H26ClFN2O4S. The maximum Gasteiger partial charge on any atom is 0.254 e. The molecule has 0 aromatic heterocycles. The van der Waals surface area contributed by atoms with E-state index in [1.807, 2.05) is 6.92 Å². The molecule has 4 rings (SSSR count). The van der Waals surface area contributed by atoms with E-state index < -0.39 is 21.7 Å². The highest BCUT2D eigenvalue weighted by atomic mass is 35.5. The van der Waals surface area contributed by atoms with Crippen molar-refractivity contribution in [2.24, 2.45) is 5.92 Å². The number of likely N-dealkylation sites (tertiary alicyclic amines) is 1. The van der Waals surface area contributed by atoms with E-state index in [9.17, 15) is 22.4 Å². The Morgan fingerprint density at radius 3 is 2.48 bits per heavy atom. The molecule has 9 heteroatoms. The summed E-state index contributed by atoms with van der Waals surface area (Å²) in [4.78, 5) is 28.2. The summed E-state index contributed by atoms with van der Waals surface area (Å²) >= 11 is 5.81. The number of halogens is 2. The molecule has 1 saturated carbocycles. The molecule has 3 atom stereocenters. The predicted molar refractivity (Wildman–Crippen MR) is 123 cm³/mol. The van der Waals surface area contributed by atoms with Crippen LogP contribution in [0.25, 0.3) is 0 Å². The van der Waals surface area contributed by atoms with Crippen LogP contribution < -0.4 is 5.32 Å². The molecule has 0 bridgehead atoms. The van der Waals surface area contributed by atoms with E-state index >= 15 is 0 Å². The Kier molecular flexibility index (Phi) is 6.51. The van der Waals surface area contributed by atoms with Gasteiger partial charge in [-0.2, -0.15) is 0 Å². The lowest BCUT2D eigenvalue weighted by molar-refractivity contribution is -0.126. The highest BCUT2D eigenvalue weighted by molar-refractivity contribution is 7.90. The maximum absolute atomic E-state index is 14.0. The molecule has 1 aliphatic carbocycles. The number of hydrogen-bond donors (Lipinski definition) is 1. The summed E-state index contributed by atoms with van der Waals surface area (Å²) in [6.45, 7) is 1.87. The van der Waals surface area contributed by atoms with Gasteiger partial charge in [0.25, 0.3) is 5.91 Å².